The van der Waals surface area contributed by atoms with E-state index in [9.17, 15) is 9.90 Å². The van der Waals surface area contributed by atoms with E-state index in [4.69, 9.17) is 11.1 Å². The molecule has 2 aromatic rings. The number of amidine groups is 1. The van der Waals surface area contributed by atoms with Gasteiger partial charge in [-0.2, -0.15) is 0 Å². The van der Waals surface area contributed by atoms with Gasteiger partial charge < -0.3 is 15.7 Å². The number of likely N-dealkylation sites (tertiary alicyclic amines) is 1. The highest BCUT2D eigenvalue weighted by Crippen LogP contribution is 2.39. The highest BCUT2D eigenvalue weighted by molar-refractivity contribution is 6.02. The van der Waals surface area contributed by atoms with Crippen LogP contribution in [-0.2, 0) is 11.2 Å². The molecule has 4 rings (SSSR count). The minimum absolute atomic E-state index is 0. The van der Waals surface area contributed by atoms with Crippen molar-refractivity contribution in [1.29, 1.82) is 5.41 Å². The molecule has 0 spiro atoms. The summed E-state index contributed by atoms with van der Waals surface area (Å²) < 4.78 is 0. The molecule has 0 aliphatic carbocycles. The van der Waals surface area contributed by atoms with Gasteiger partial charge in [0.1, 0.15) is 11.6 Å². The number of nitrogens with one attached hydrogen (secondary N) is 1. The van der Waals surface area contributed by atoms with Gasteiger partial charge in [0, 0.05) is 35.4 Å². The number of amides is 1. The second kappa shape index (κ2) is 13.3. The van der Waals surface area contributed by atoms with Crippen LogP contribution in [-0.4, -0.2) is 46.9 Å². The third kappa shape index (κ3) is 6.53. The Morgan fingerprint density at radius 3 is 2.39 bits per heavy atom. The van der Waals surface area contributed by atoms with Crippen molar-refractivity contribution in [2.45, 2.75) is 76.8 Å². The van der Waals surface area contributed by atoms with Crippen LogP contribution in [0.1, 0.15) is 75.0 Å². The van der Waals surface area contributed by atoms with Crippen molar-refractivity contribution in [3.05, 3.63) is 59.2 Å². The SMILES string of the molecule is C[C@@H]1CCC[C@H](C)N1CCCCCN1C(=O)C(c2cc(C(=N)N)ccc2O)Cc2ccccc21.Cl.Cl. The first-order valence-corrected chi connectivity index (χ1v) is 12.7. The van der Waals surface area contributed by atoms with Crippen LogP contribution in [0, 0.1) is 5.41 Å². The molecule has 36 heavy (non-hydrogen) atoms. The van der Waals surface area contributed by atoms with Gasteiger partial charge in [0.05, 0.1) is 5.92 Å². The van der Waals surface area contributed by atoms with Crippen molar-refractivity contribution in [2.75, 3.05) is 18.0 Å². The molecular weight excluding hydrogens is 495 g/mol. The normalized spacial score (nSPS) is 21.8. The minimum Gasteiger partial charge on any atom is -0.508 e. The van der Waals surface area contributed by atoms with Gasteiger partial charge in [-0.1, -0.05) is 31.0 Å². The average molecular weight is 536 g/mol. The van der Waals surface area contributed by atoms with E-state index >= 15 is 0 Å². The number of para-hydroxylation sites is 1. The van der Waals surface area contributed by atoms with E-state index in [1.165, 1.54) is 25.3 Å². The number of hydrogen-bond donors (Lipinski definition) is 3. The molecule has 0 radical (unpaired) electrons. The lowest BCUT2D eigenvalue weighted by Gasteiger charge is -2.39. The predicted molar refractivity (Wildman–Crippen MR) is 152 cm³/mol. The number of fused-ring (bicyclic) bond motifs is 1. The van der Waals surface area contributed by atoms with Crippen LogP contribution in [0.4, 0.5) is 5.69 Å². The van der Waals surface area contributed by atoms with Crippen molar-refractivity contribution in [3.63, 3.8) is 0 Å². The summed E-state index contributed by atoms with van der Waals surface area (Å²) in [4.78, 5) is 18.2. The molecule has 198 valence electrons. The third-order valence-corrected chi connectivity index (χ3v) is 7.66. The first kappa shape index (κ1) is 29.9. The number of phenols is 1. The van der Waals surface area contributed by atoms with Gasteiger partial charge in [0.15, 0.2) is 0 Å². The minimum atomic E-state index is -0.482. The van der Waals surface area contributed by atoms with Gasteiger partial charge in [-0.05, 0) is 82.3 Å². The van der Waals surface area contributed by atoms with E-state index in [0.29, 0.717) is 36.2 Å². The van der Waals surface area contributed by atoms with Crippen molar-refractivity contribution in [1.82, 2.24) is 4.90 Å². The number of phenolic OH excluding ortho intramolecular Hbond substituents is 1. The Labute approximate surface area is 227 Å². The van der Waals surface area contributed by atoms with E-state index in [0.717, 1.165) is 37.1 Å². The Hall–Kier alpha value is -2.28. The van der Waals surface area contributed by atoms with Gasteiger partial charge in [0.25, 0.3) is 0 Å². The lowest BCUT2D eigenvalue weighted by atomic mass is 9.85. The molecule has 4 N–H and O–H groups in total. The van der Waals surface area contributed by atoms with Gasteiger partial charge in [-0.15, -0.1) is 24.8 Å². The molecule has 0 saturated carbocycles. The molecule has 2 aromatic carbocycles. The summed E-state index contributed by atoms with van der Waals surface area (Å²) in [5, 5.41) is 18.3. The second-order valence-electron chi connectivity index (χ2n) is 9.99. The quantitative estimate of drug-likeness (QED) is 0.232. The summed E-state index contributed by atoms with van der Waals surface area (Å²) in [6.45, 7) is 6.48. The highest BCUT2D eigenvalue weighted by atomic mass is 35.5. The number of unbranched alkanes of at least 4 members (excludes halogenated alkanes) is 2. The zero-order valence-electron chi connectivity index (χ0n) is 21.3. The molecule has 6 nitrogen and oxygen atoms in total. The molecule has 3 atom stereocenters. The van der Waals surface area contributed by atoms with Crippen LogP contribution in [0.5, 0.6) is 5.75 Å². The van der Waals surface area contributed by atoms with Gasteiger partial charge >= 0.3 is 0 Å². The maximum absolute atomic E-state index is 13.6. The van der Waals surface area contributed by atoms with E-state index in [1.54, 1.807) is 12.1 Å². The standard InChI is InChI=1S/C28H38N4O2.2ClH/c1-19-9-8-10-20(2)31(19)15-6-3-7-16-32-25-12-5-4-11-21(25)17-24(28(32)34)23-18-22(27(29)30)13-14-26(23)33;;/h4-5,11-14,18-20,24,33H,3,6-10,15-17H2,1-2H3,(H3,29,30);2*1H/t19-,20+,24?;;. The lowest BCUT2D eigenvalue weighted by Crippen LogP contribution is -2.44. The van der Waals surface area contributed by atoms with E-state index in [2.05, 4.69) is 24.8 Å². The molecule has 2 aliphatic rings. The molecule has 0 aromatic heterocycles. The summed E-state index contributed by atoms with van der Waals surface area (Å²) in [6, 6.07) is 14.2. The number of piperidine rings is 1. The number of halogens is 2. The van der Waals surface area contributed by atoms with Crippen LogP contribution >= 0.6 is 24.8 Å². The number of nitrogen functional groups attached to an aromatic ring is 1. The smallest absolute Gasteiger partial charge is 0.235 e. The largest absolute Gasteiger partial charge is 0.508 e. The Morgan fingerprint density at radius 2 is 1.69 bits per heavy atom. The summed E-state index contributed by atoms with van der Waals surface area (Å²) in [5.74, 6) is -0.469. The van der Waals surface area contributed by atoms with Crippen molar-refractivity contribution < 1.29 is 9.90 Å². The number of carbonyl (C=O) groups excluding carboxylic acids is 1. The fourth-order valence-electron chi connectivity index (χ4n) is 5.69. The average Bonchev–Trinajstić information content (AvgIpc) is 2.81. The first-order chi connectivity index (χ1) is 16.4. The van der Waals surface area contributed by atoms with E-state index in [-0.39, 0.29) is 42.3 Å². The fourth-order valence-corrected chi connectivity index (χ4v) is 5.69. The van der Waals surface area contributed by atoms with Crippen LogP contribution in [0.3, 0.4) is 0 Å². The molecule has 0 bridgehead atoms. The van der Waals surface area contributed by atoms with Crippen molar-refractivity contribution >= 4 is 42.2 Å². The number of rotatable bonds is 8. The highest BCUT2D eigenvalue weighted by Gasteiger charge is 2.35. The zero-order chi connectivity index (χ0) is 24.2. The molecule has 8 heteroatoms. The van der Waals surface area contributed by atoms with Crippen LogP contribution < -0.4 is 10.6 Å². The summed E-state index contributed by atoms with van der Waals surface area (Å²) in [5.41, 5.74) is 8.82. The topological polar surface area (TPSA) is 93.7 Å². The molecular formula is C28H40Cl2N4O2. The van der Waals surface area contributed by atoms with Gasteiger partial charge in [-0.3, -0.25) is 15.1 Å². The molecule has 2 heterocycles. The lowest BCUT2D eigenvalue weighted by molar-refractivity contribution is -0.120. The van der Waals surface area contributed by atoms with E-state index in [1.807, 2.05) is 23.1 Å². The molecule has 2 aliphatic heterocycles. The number of carbonyl (C=O) groups is 1. The number of nitrogens with two attached hydrogens (primary N) is 1. The maximum Gasteiger partial charge on any atom is 0.235 e. The molecule has 1 fully saturated rings. The maximum atomic E-state index is 13.6. The summed E-state index contributed by atoms with van der Waals surface area (Å²) in [7, 11) is 0. The molecule has 1 amide bonds. The Kier molecular flexibility index (Phi) is 11.1. The van der Waals surface area contributed by atoms with Crippen LogP contribution in [0.15, 0.2) is 42.5 Å². The number of anilines is 1. The summed E-state index contributed by atoms with van der Waals surface area (Å²) >= 11 is 0. The number of hydrogen-bond acceptors (Lipinski definition) is 4. The van der Waals surface area contributed by atoms with Crippen LogP contribution in [0.25, 0.3) is 0 Å². The number of nitrogens with zero attached hydrogens (tertiary/aromatic N) is 2. The third-order valence-electron chi connectivity index (χ3n) is 7.66. The Bertz CT molecular complexity index is 1040. The fraction of sp³-hybridized carbons (Fsp3) is 0.500. The van der Waals surface area contributed by atoms with Gasteiger partial charge in [0.2, 0.25) is 5.91 Å². The Morgan fingerprint density at radius 1 is 1.03 bits per heavy atom. The Balaban J connectivity index is 0.00000228. The first-order valence-electron chi connectivity index (χ1n) is 12.7. The monoisotopic (exact) mass is 534 g/mol. The molecule has 1 unspecified atom stereocenters. The number of benzene rings is 2. The van der Waals surface area contributed by atoms with E-state index < -0.39 is 5.92 Å². The van der Waals surface area contributed by atoms with Crippen molar-refractivity contribution in [2.24, 2.45) is 5.73 Å². The number of aromatic hydroxyl groups is 1. The second-order valence-corrected chi connectivity index (χ2v) is 9.99. The van der Waals surface area contributed by atoms with Crippen molar-refractivity contribution in [3.8, 4) is 5.75 Å². The summed E-state index contributed by atoms with van der Waals surface area (Å²) in [6.07, 6.45) is 7.63. The van der Waals surface area contributed by atoms with Crippen LogP contribution in [0.2, 0.25) is 0 Å². The zero-order valence-corrected chi connectivity index (χ0v) is 22.9. The molecule has 1 saturated heterocycles. The van der Waals surface area contributed by atoms with Gasteiger partial charge in [-0.25, -0.2) is 0 Å². The predicted octanol–water partition coefficient (Wildman–Crippen LogP) is 5.63.